The number of halogens is 1. The largest absolute Gasteiger partial charge is 0.465 e. The Balaban J connectivity index is 2.13. The molecule has 0 heterocycles. The van der Waals surface area contributed by atoms with Crippen molar-refractivity contribution >= 4 is 23.3 Å². The standard InChI is InChI=1S/C17H18ClNO2/c1-3-16(13-5-4-6-14(18)11-13)19-15-9-7-12(8-10-15)17(20)21-2/h4-11,16,19H,3H2,1-2H3. The normalized spacial score (nSPS) is 11.8. The van der Waals surface area contributed by atoms with E-state index in [-0.39, 0.29) is 12.0 Å². The average Bonchev–Trinajstić information content (AvgIpc) is 2.52. The zero-order valence-electron chi connectivity index (χ0n) is 12.1. The number of carbonyl (C=O) groups is 1. The monoisotopic (exact) mass is 303 g/mol. The topological polar surface area (TPSA) is 38.3 Å². The van der Waals surface area contributed by atoms with E-state index in [1.807, 2.05) is 30.3 Å². The van der Waals surface area contributed by atoms with Crippen LogP contribution in [0.1, 0.15) is 35.3 Å². The van der Waals surface area contributed by atoms with Gasteiger partial charge in [0.2, 0.25) is 0 Å². The van der Waals surface area contributed by atoms with Gasteiger partial charge in [-0.05, 0) is 48.4 Å². The summed E-state index contributed by atoms with van der Waals surface area (Å²) in [7, 11) is 1.38. The van der Waals surface area contributed by atoms with Gasteiger partial charge in [-0.25, -0.2) is 4.79 Å². The van der Waals surface area contributed by atoms with E-state index in [0.717, 1.165) is 22.7 Å². The number of methoxy groups -OCH3 is 1. The summed E-state index contributed by atoms with van der Waals surface area (Å²) in [5.41, 5.74) is 2.63. The molecule has 2 aromatic rings. The minimum absolute atomic E-state index is 0.174. The predicted molar refractivity (Wildman–Crippen MR) is 85.9 cm³/mol. The van der Waals surface area contributed by atoms with E-state index in [2.05, 4.69) is 23.0 Å². The highest BCUT2D eigenvalue weighted by Gasteiger charge is 2.10. The highest BCUT2D eigenvalue weighted by Crippen LogP contribution is 2.25. The molecule has 0 saturated heterocycles. The number of benzene rings is 2. The van der Waals surface area contributed by atoms with Crippen LogP contribution in [0.3, 0.4) is 0 Å². The second-order valence-corrected chi connectivity index (χ2v) is 5.17. The Morgan fingerprint density at radius 1 is 1.24 bits per heavy atom. The number of anilines is 1. The maximum Gasteiger partial charge on any atom is 0.337 e. The zero-order valence-corrected chi connectivity index (χ0v) is 12.9. The molecule has 0 aliphatic rings. The molecule has 2 aromatic carbocycles. The van der Waals surface area contributed by atoms with Gasteiger partial charge >= 0.3 is 5.97 Å². The summed E-state index contributed by atoms with van der Waals surface area (Å²) in [6.45, 7) is 2.11. The Labute approximate surface area is 129 Å². The summed E-state index contributed by atoms with van der Waals surface area (Å²) in [4.78, 5) is 11.4. The lowest BCUT2D eigenvalue weighted by Gasteiger charge is -2.19. The number of carbonyl (C=O) groups excluding carboxylic acids is 1. The molecule has 1 N–H and O–H groups in total. The van der Waals surface area contributed by atoms with Crippen LogP contribution in [0, 0.1) is 0 Å². The lowest BCUT2D eigenvalue weighted by atomic mass is 10.0. The molecule has 0 spiro atoms. The van der Waals surface area contributed by atoms with Gasteiger partial charge in [0.05, 0.1) is 18.7 Å². The molecule has 21 heavy (non-hydrogen) atoms. The van der Waals surface area contributed by atoms with Gasteiger partial charge in [-0.3, -0.25) is 0 Å². The highest BCUT2D eigenvalue weighted by molar-refractivity contribution is 6.30. The Morgan fingerprint density at radius 2 is 1.95 bits per heavy atom. The third kappa shape index (κ3) is 3.99. The first-order valence-corrected chi connectivity index (χ1v) is 7.22. The number of nitrogens with one attached hydrogen (secondary N) is 1. The molecule has 2 rings (SSSR count). The number of ether oxygens (including phenoxy) is 1. The van der Waals surface area contributed by atoms with E-state index in [0.29, 0.717) is 5.56 Å². The van der Waals surface area contributed by atoms with Crippen LogP contribution >= 0.6 is 11.6 Å². The molecule has 0 fully saturated rings. The summed E-state index contributed by atoms with van der Waals surface area (Å²) >= 11 is 6.04. The predicted octanol–water partition coefficient (Wildman–Crippen LogP) is 4.69. The molecule has 0 aliphatic heterocycles. The van der Waals surface area contributed by atoms with Gasteiger partial charge in [0, 0.05) is 10.7 Å². The average molecular weight is 304 g/mol. The summed E-state index contributed by atoms with van der Waals surface area (Å²) in [6, 6.07) is 15.2. The summed E-state index contributed by atoms with van der Waals surface area (Å²) in [6.07, 6.45) is 0.930. The lowest BCUT2D eigenvalue weighted by molar-refractivity contribution is 0.0601. The Morgan fingerprint density at radius 3 is 2.52 bits per heavy atom. The van der Waals surface area contributed by atoms with Crippen LogP contribution < -0.4 is 5.32 Å². The van der Waals surface area contributed by atoms with E-state index in [4.69, 9.17) is 11.6 Å². The van der Waals surface area contributed by atoms with E-state index in [9.17, 15) is 4.79 Å². The van der Waals surface area contributed by atoms with Crippen molar-refractivity contribution in [2.24, 2.45) is 0 Å². The molecule has 1 unspecified atom stereocenters. The van der Waals surface area contributed by atoms with Crippen molar-refractivity contribution in [1.82, 2.24) is 0 Å². The van der Waals surface area contributed by atoms with Gasteiger partial charge in [0.1, 0.15) is 0 Å². The maximum absolute atomic E-state index is 11.4. The fraction of sp³-hybridized carbons (Fsp3) is 0.235. The second kappa shape index (κ2) is 7.14. The van der Waals surface area contributed by atoms with Crippen molar-refractivity contribution in [3.05, 3.63) is 64.7 Å². The molecular formula is C17H18ClNO2. The van der Waals surface area contributed by atoms with Gasteiger partial charge in [-0.15, -0.1) is 0 Å². The van der Waals surface area contributed by atoms with Gasteiger partial charge < -0.3 is 10.1 Å². The summed E-state index contributed by atoms with van der Waals surface area (Å²) in [5.74, 6) is -0.330. The van der Waals surface area contributed by atoms with Gasteiger partial charge in [-0.2, -0.15) is 0 Å². The second-order valence-electron chi connectivity index (χ2n) is 4.73. The van der Waals surface area contributed by atoms with Crippen molar-refractivity contribution in [2.75, 3.05) is 12.4 Å². The molecule has 1 atom stereocenters. The third-order valence-electron chi connectivity index (χ3n) is 3.31. The fourth-order valence-corrected chi connectivity index (χ4v) is 2.36. The van der Waals surface area contributed by atoms with E-state index in [1.165, 1.54) is 7.11 Å². The molecule has 0 bridgehead atoms. The van der Waals surface area contributed by atoms with Gasteiger partial charge in [0.25, 0.3) is 0 Å². The molecule has 110 valence electrons. The molecule has 0 saturated carbocycles. The Bertz CT molecular complexity index is 610. The smallest absolute Gasteiger partial charge is 0.337 e. The molecule has 3 nitrogen and oxygen atoms in total. The number of esters is 1. The van der Waals surface area contributed by atoms with E-state index in [1.54, 1.807) is 12.1 Å². The maximum atomic E-state index is 11.4. The molecule has 4 heteroatoms. The van der Waals surface area contributed by atoms with Crippen LogP contribution in [0.15, 0.2) is 48.5 Å². The summed E-state index contributed by atoms with van der Waals surface area (Å²) in [5, 5.41) is 4.18. The number of hydrogen-bond donors (Lipinski definition) is 1. The van der Waals surface area contributed by atoms with Crippen molar-refractivity contribution in [3.8, 4) is 0 Å². The number of hydrogen-bond acceptors (Lipinski definition) is 3. The summed E-state index contributed by atoms with van der Waals surface area (Å²) < 4.78 is 4.69. The van der Waals surface area contributed by atoms with E-state index < -0.39 is 0 Å². The zero-order chi connectivity index (χ0) is 15.2. The minimum atomic E-state index is -0.330. The van der Waals surface area contributed by atoms with Crippen LogP contribution in [0.25, 0.3) is 0 Å². The van der Waals surface area contributed by atoms with Crippen LogP contribution in [0.5, 0.6) is 0 Å². The first-order chi connectivity index (χ1) is 10.1. The first kappa shape index (κ1) is 15.4. The van der Waals surface area contributed by atoms with Crippen molar-refractivity contribution in [2.45, 2.75) is 19.4 Å². The van der Waals surface area contributed by atoms with Gasteiger partial charge in [-0.1, -0.05) is 30.7 Å². The van der Waals surface area contributed by atoms with Crippen LogP contribution in [0.2, 0.25) is 5.02 Å². The lowest BCUT2D eigenvalue weighted by Crippen LogP contribution is -2.10. The highest BCUT2D eigenvalue weighted by atomic mass is 35.5. The minimum Gasteiger partial charge on any atom is -0.465 e. The SMILES string of the molecule is CCC(Nc1ccc(C(=O)OC)cc1)c1cccc(Cl)c1. The Hall–Kier alpha value is -2.00. The van der Waals surface area contributed by atoms with Crippen LogP contribution in [-0.4, -0.2) is 13.1 Å². The molecule has 0 radical (unpaired) electrons. The Kier molecular flexibility index (Phi) is 5.23. The van der Waals surface area contributed by atoms with Crippen LogP contribution in [0.4, 0.5) is 5.69 Å². The third-order valence-corrected chi connectivity index (χ3v) is 3.54. The first-order valence-electron chi connectivity index (χ1n) is 6.84. The molecule has 0 aliphatic carbocycles. The van der Waals surface area contributed by atoms with Gasteiger partial charge in [0.15, 0.2) is 0 Å². The van der Waals surface area contributed by atoms with Crippen molar-refractivity contribution in [1.29, 1.82) is 0 Å². The number of rotatable bonds is 5. The molecule has 0 aromatic heterocycles. The molecular weight excluding hydrogens is 286 g/mol. The quantitative estimate of drug-likeness (QED) is 0.814. The van der Waals surface area contributed by atoms with Crippen molar-refractivity contribution < 1.29 is 9.53 Å². The fourth-order valence-electron chi connectivity index (χ4n) is 2.17. The van der Waals surface area contributed by atoms with Crippen molar-refractivity contribution in [3.63, 3.8) is 0 Å². The molecule has 0 amide bonds. The van der Waals surface area contributed by atoms with E-state index >= 15 is 0 Å². The van der Waals surface area contributed by atoms with Crippen LogP contribution in [-0.2, 0) is 4.74 Å².